The minimum absolute atomic E-state index is 0.0739. The molecule has 1 aromatic heterocycles. The van der Waals surface area contributed by atoms with Crippen LogP contribution in [0, 0.1) is 0 Å². The van der Waals surface area contributed by atoms with Crippen LogP contribution in [0.1, 0.15) is 24.5 Å². The molecule has 106 valence electrons. The monoisotopic (exact) mass is 298 g/mol. The topological polar surface area (TPSA) is 51.2 Å². The van der Waals surface area contributed by atoms with Crippen molar-refractivity contribution in [2.24, 2.45) is 0 Å². The number of nitrogens with one attached hydrogen (secondary N) is 1. The van der Waals surface area contributed by atoms with Gasteiger partial charge in [-0.05, 0) is 12.8 Å². The number of aromatic nitrogens is 1. The summed E-state index contributed by atoms with van der Waals surface area (Å²) in [5.74, 6) is -6.01. The van der Waals surface area contributed by atoms with Crippen molar-refractivity contribution in [3.05, 3.63) is 11.1 Å². The molecule has 1 saturated carbocycles. The highest BCUT2D eigenvalue weighted by atomic mass is 32.1. The number of anilines is 1. The molecular weight excluding hydrogens is 288 g/mol. The number of carbonyl (C=O) groups is 1. The highest BCUT2D eigenvalue weighted by Crippen LogP contribution is 2.41. The number of hydrogen-bond acceptors (Lipinski definition) is 4. The Kier molecular flexibility index (Phi) is 3.52. The Morgan fingerprint density at radius 3 is 2.58 bits per heavy atom. The summed E-state index contributed by atoms with van der Waals surface area (Å²) in [5.41, 5.74) is 0.703. The average molecular weight is 298 g/mol. The molecule has 1 aliphatic carbocycles. The summed E-state index contributed by atoms with van der Waals surface area (Å²) in [5, 5.41) is 3.35. The molecule has 1 amide bonds. The molecule has 1 aliphatic rings. The third-order valence-corrected chi connectivity index (χ3v) is 3.45. The number of carbonyl (C=O) groups excluding carboxylic acids is 1. The minimum atomic E-state index is -5.46. The molecule has 0 aromatic carbocycles. The molecule has 0 saturated heterocycles. The van der Waals surface area contributed by atoms with Crippen molar-refractivity contribution in [2.45, 2.75) is 30.8 Å². The fourth-order valence-corrected chi connectivity index (χ4v) is 2.21. The van der Waals surface area contributed by atoms with Crippen LogP contribution in [0.4, 0.5) is 22.7 Å². The molecule has 1 heterocycles. The summed E-state index contributed by atoms with van der Waals surface area (Å²) >= 11 is 0.951. The molecule has 0 bridgehead atoms. The lowest BCUT2D eigenvalue weighted by Crippen LogP contribution is -2.52. The minimum Gasteiger partial charge on any atom is -0.335 e. The fraction of sp³-hybridized carbons (Fsp3) is 0.600. The average Bonchev–Trinajstić information content (AvgIpc) is 3.08. The summed E-state index contributed by atoms with van der Waals surface area (Å²) in [7, 11) is 0.477. The third-order valence-electron chi connectivity index (χ3n) is 2.68. The number of hydrogen-bond donors (Lipinski definition) is 1. The Bertz CT molecular complexity index is 486. The van der Waals surface area contributed by atoms with Gasteiger partial charge in [-0.2, -0.15) is 17.6 Å². The van der Waals surface area contributed by atoms with Gasteiger partial charge in [-0.1, -0.05) is 0 Å². The summed E-state index contributed by atoms with van der Waals surface area (Å²) < 4.78 is 54.4. The van der Waals surface area contributed by atoms with Crippen molar-refractivity contribution < 1.29 is 27.1 Å². The van der Waals surface area contributed by atoms with E-state index in [-0.39, 0.29) is 5.13 Å². The first-order valence-electron chi connectivity index (χ1n) is 5.35. The van der Waals surface area contributed by atoms with Crippen molar-refractivity contribution in [3.63, 3.8) is 0 Å². The van der Waals surface area contributed by atoms with Crippen molar-refractivity contribution in [1.29, 1.82) is 0 Å². The SMILES string of the molecule is CO[C@](F)(C(=O)Nc1nc(C2CC2)cs1)C(F)(F)F. The number of ether oxygens (including phenoxy) is 1. The van der Waals surface area contributed by atoms with Gasteiger partial charge in [0.2, 0.25) is 0 Å². The van der Waals surface area contributed by atoms with E-state index in [1.807, 2.05) is 0 Å². The van der Waals surface area contributed by atoms with Crippen molar-refractivity contribution in [3.8, 4) is 0 Å². The van der Waals surface area contributed by atoms with Gasteiger partial charge in [0, 0.05) is 18.4 Å². The van der Waals surface area contributed by atoms with Crippen LogP contribution < -0.4 is 5.32 Å². The first kappa shape index (κ1) is 14.2. The van der Waals surface area contributed by atoms with Gasteiger partial charge in [-0.25, -0.2) is 4.98 Å². The van der Waals surface area contributed by atoms with Gasteiger partial charge in [0.1, 0.15) is 0 Å². The second-order valence-electron chi connectivity index (χ2n) is 4.10. The second-order valence-corrected chi connectivity index (χ2v) is 4.96. The highest BCUT2D eigenvalue weighted by Gasteiger charge is 2.63. The molecule has 4 nitrogen and oxygen atoms in total. The van der Waals surface area contributed by atoms with E-state index in [0.717, 1.165) is 24.2 Å². The van der Waals surface area contributed by atoms with Crippen LogP contribution in [0.2, 0.25) is 0 Å². The van der Waals surface area contributed by atoms with Gasteiger partial charge < -0.3 is 4.74 Å². The van der Waals surface area contributed by atoms with E-state index in [2.05, 4.69) is 9.72 Å². The summed E-state index contributed by atoms with van der Waals surface area (Å²) in [6.07, 6.45) is -3.53. The number of alkyl halides is 4. The van der Waals surface area contributed by atoms with Crippen LogP contribution in [-0.4, -0.2) is 30.0 Å². The molecule has 0 unspecified atom stereocenters. The number of thiazole rings is 1. The van der Waals surface area contributed by atoms with Gasteiger partial charge in [-0.3, -0.25) is 10.1 Å². The molecule has 0 radical (unpaired) electrons. The van der Waals surface area contributed by atoms with Crippen molar-refractivity contribution >= 4 is 22.4 Å². The zero-order valence-corrected chi connectivity index (χ0v) is 10.6. The Hall–Kier alpha value is -1.22. The van der Waals surface area contributed by atoms with E-state index in [9.17, 15) is 22.4 Å². The molecule has 19 heavy (non-hydrogen) atoms. The van der Waals surface area contributed by atoms with Gasteiger partial charge in [0.25, 0.3) is 0 Å². The normalized spacial score (nSPS) is 19.0. The first-order chi connectivity index (χ1) is 8.78. The molecule has 0 aliphatic heterocycles. The molecule has 1 N–H and O–H groups in total. The quantitative estimate of drug-likeness (QED) is 0.870. The van der Waals surface area contributed by atoms with E-state index >= 15 is 0 Å². The zero-order chi connectivity index (χ0) is 14.3. The Labute approximate surface area is 109 Å². The Morgan fingerprint density at radius 1 is 1.47 bits per heavy atom. The molecule has 0 spiro atoms. The second kappa shape index (κ2) is 4.71. The molecule has 1 aromatic rings. The van der Waals surface area contributed by atoms with Crippen LogP contribution in [0.3, 0.4) is 0 Å². The van der Waals surface area contributed by atoms with Crippen LogP contribution in [-0.2, 0) is 9.53 Å². The molecule has 9 heteroatoms. The number of amides is 1. The lowest BCUT2D eigenvalue weighted by atomic mass is 10.3. The molecule has 1 atom stereocenters. The highest BCUT2D eigenvalue weighted by molar-refractivity contribution is 7.13. The Balaban J connectivity index is 2.10. The van der Waals surface area contributed by atoms with E-state index in [0.29, 0.717) is 18.7 Å². The predicted octanol–water partition coefficient (Wildman–Crippen LogP) is 2.83. The van der Waals surface area contributed by atoms with Crippen LogP contribution >= 0.6 is 11.3 Å². The van der Waals surface area contributed by atoms with Gasteiger partial charge in [0.05, 0.1) is 5.69 Å². The zero-order valence-electron chi connectivity index (χ0n) is 9.75. The van der Waals surface area contributed by atoms with E-state index in [1.54, 1.807) is 10.7 Å². The van der Waals surface area contributed by atoms with E-state index in [4.69, 9.17) is 0 Å². The van der Waals surface area contributed by atoms with Crippen LogP contribution in [0.5, 0.6) is 0 Å². The van der Waals surface area contributed by atoms with Crippen LogP contribution in [0.15, 0.2) is 5.38 Å². The van der Waals surface area contributed by atoms with E-state index < -0.39 is 17.9 Å². The maximum absolute atomic E-state index is 13.5. The maximum Gasteiger partial charge on any atom is 0.458 e. The molecular formula is C10H10F4N2O2S. The van der Waals surface area contributed by atoms with E-state index in [1.165, 1.54) is 0 Å². The summed E-state index contributed by atoms with van der Waals surface area (Å²) in [6, 6.07) is 0. The maximum atomic E-state index is 13.5. The van der Waals surface area contributed by atoms with Gasteiger partial charge in [-0.15, -0.1) is 11.3 Å². The first-order valence-corrected chi connectivity index (χ1v) is 6.23. The summed E-state index contributed by atoms with van der Waals surface area (Å²) in [6.45, 7) is 0. The number of methoxy groups -OCH3 is 1. The number of rotatable bonds is 4. The van der Waals surface area contributed by atoms with Crippen LogP contribution in [0.25, 0.3) is 0 Å². The standard InChI is InChI=1S/C10H10F4N2O2S/c1-18-9(11,10(12,13)14)7(17)16-8-15-6(4-19-8)5-2-3-5/h4-5H,2-3H2,1H3,(H,15,16,17)/t9-/m1/s1. The smallest absolute Gasteiger partial charge is 0.335 e. The largest absolute Gasteiger partial charge is 0.458 e. The summed E-state index contributed by atoms with van der Waals surface area (Å²) in [4.78, 5) is 15.3. The molecule has 1 fully saturated rings. The lowest BCUT2D eigenvalue weighted by Gasteiger charge is -2.24. The molecule has 2 rings (SSSR count). The van der Waals surface area contributed by atoms with Gasteiger partial charge >= 0.3 is 17.9 Å². The Morgan fingerprint density at radius 2 is 2.11 bits per heavy atom. The van der Waals surface area contributed by atoms with Crippen molar-refractivity contribution in [2.75, 3.05) is 12.4 Å². The third kappa shape index (κ3) is 2.71. The number of halogens is 4. The number of nitrogens with zero attached hydrogens (tertiary/aromatic N) is 1. The fourth-order valence-electron chi connectivity index (χ4n) is 1.42. The van der Waals surface area contributed by atoms with Gasteiger partial charge in [0.15, 0.2) is 5.13 Å². The lowest BCUT2D eigenvalue weighted by molar-refractivity contribution is -0.305. The van der Waals surface area contributed by atoms with Crippen molar-refractivity contribution in [1.82, 2.24) is 4.98 Å². The predicted molar refractivity (Wildman–Crippen MR) is 59.6 cm³/mol.